The van der Waals surface area contributed by atoms with Crippen molar-refractivity contribution in [1.82, 2.24) is 9.78 Å². The van der Waals surface area contributed by atoms with Gasteiger partial charge in [0.05, 0.1) is 5.75 Å². The van der Waals surface area contributed by atoms with Crippen molar-refractivity contribution in [3.63, 3.8) is 0 Å². The zero-order chi connectivity index (χ0) is 14.8. The molecule has 0 saturated carbocycles. The SMILES string of the molecule is CCS(=O)(=O)c1c(Cl)c(OP(=S)(OC)OC)nn1C. The molecule has 0 aliphatic heterocycles. The molecule has 0 amide bonds. The lowest BCUT2D eigenvalue weighted by atomic mass is 10.7. The molecule has 11 heteroatoms. The van der Waals surface area contributed by atoms with E-state index in [0.29, 0.717) is 0 Å². The molecule has 0 unspecified atom stereocenters. The fourth-order valence-corrected chi connectivity index (χ4v) is 3.78. The summed E-state index contributed by atoms with van der Waals surface area (Å²) >= 11 is 11.0. The van der Waals surface area contributed by atoms with Gasteiger partial charge >= 0.3 is 6.72 Å². The summed E-state index contributed by atoms with van der Waals surface area (Å²) < 4.78 is 40.0. The number of hydrogen-bond donors (Lipinski definition) is 0. The third-order valence-corrected chi connectivity index (χ3v) is 6.91. The minimum Gasteiger partial charge on any atom is -0.402 e. The van der Waals surface area contributed by atoms with Crippen LogP contribution < -0.4 is 4.52 Å². The summed E-state index contributed by atoms with van der Waals surface area (Å²) in [5.41, 5.74) is 0. The maximum absolute atomic E-state index is 11.9. The van der Waals surface area contributed by atoms with E-state index in [0.717, 1.165) is 4.68 Å². The van der Waals surface area contributed by atoms with Crippen LogP contribution in [-0.4, -0.2) is 38.2 Å². The molecule has 7 nitrogen and oxygen atoms in total. The van der Waals surface area contributed by atoms with Gasteiger partial charge in [-0.25, -0.2) is 8.42 Å². The number of nitrogens with zero attached hydrogens (tertiary/aromatic N) is 2. The van der Waals surface area contributed by atoms with Crippen molar-refractivity contribution in [2.45, 2.75) is 11.9 Å². The summed E-state index contributed by atoms with van der Waals surface area (Å²) in [4.78, 5) is 0. The van der Waals surface area contributed by atoms with Crippen LogP contribution in [-0.2, 0) is 37.7 Å². The Bertz CT molecular complexity index is 607. The molecule has 0 spiro atoms. The largest absolute Gasteiger partial charge is 0.402 e. The fourth-order valence-electron chi connectivity index (χ4n) is 1.25. The minimum atomic E-state index is -3.52. The lowest BCUT2D eigenvalue weighted by molar-refractivity contribution is 0.270. The molecule has 0 saturated heterocycles. The van der Waals surface area contributed by atoms with Gasteiger partial charge in [0.25, 0.3) is 5.88 Å². The van der Waals surface area contributed by atoms with Gasteiger partial charge in [-0.2, -0.15) is 0 Å². The Kier molecular flexibility index (Phi) is 5.39. The van der Waals surface area contributed by atoms with Crippen molar-refractivity contribution >= 4 is 40.0 Å². The minimum absolute atomic E-state index is 0.103. The lowest BCUT2D eigenvalue weighted by Gasteiger charge is -2.16. The standard InChI is InChI=1S/C8H14ClN2O5PS2/c1-5-19(12,13)8-6(9)7(10-11(8)2)16-17(18,14-3)15-4/h5H2,1-4H3. The van der Waals surface area contributed by atoms with Gasteiger partial charge in [-0.05, 0) is 0 Å². The average molecular weight is 349 g/mol. The molecule has 1 aromatic rings. The normalized spacial score (nSPS) is 12.7. The summed E-state index contributed by atoms with van der Waals surface area (Å²) in [7, 11) is 0.575. The van der Waals surface area contributed by atoms with Crippen LogP contribution in [0.25, 0.3) is 0 Å². The molecule has 110 valence electrons. The summed E-state index contributed by atoms with van der Waals surface area (Å²) in [6, 6.07) is 0. The highest BCUT2D eigenvalue weighted by molar-refractivity contribution is 8.07. The third kappa shape index (κ3) is 3.48. The highest BCUT2D eigenvalue weighted by Crippen LogP contribution is 2.50. The maximum Gasteiger partial charge on any atom is 0.381 e. The molecule has 1 rings (SSSR count). The van der Waals surface area contributed by atoms with Gasteiger partial charge in [-0.3, -0.25) is 4.68 Å². The number of aryl methyl sites for hydroxylation is 1. The second-order valence-corrected chi connectivity index (χ2v) is 9.08. The summed E-state index contributed by atoms with van der Waals surface area (Å²) in [5.74, 6) is -0.225. The van der Waals surface area contributed by atoms with Crippen LogP contribution in [0.3, 0.4) is 0 Å². The fraction of sp³-hybridized carbons (Fsp3) is 0.625. The zero-order valence-electron chi connectivity index (χ0n) is 10.8. The molecule has 0 aromatic carbocycles. The van der Waals surface area contributed by atoms with Crippen LogP contribution in [0.1, 0.15) is 6.92 Å². The van der Waals surface area contributed by atoms with Crippen molar-refractivity contribution < 1.29 is 22.0 Å². The van der Waals surface area contributed by atoms with Crippen molar-refractivity contribution in [1.29, 1.82) is 0 Å². The second kappa shape index (κ2) is 6.07. The predicted octanol–water partition coefficient (Wildman–Crippen LogP) is 1.76. The average Bonchev–Trinajstić information content (AvgIpc) is 2.64. The Morgan fingerprint density at radius 2 is 1.95 bits per heavy atom. The van der Waals surface area contributed by atoms with Crippen LogP contribution in [0.2, 0.25) is 5.02 Å². The number of rotatable bonds is 6. The number of sulfone groups is 1. The molecule has 0 radical (unpaired) electrons. The Balaban J connectivity index is 3.29. The molecule has 1 heterocycles. The number of hydrogen-bond acceptors (Lipinski definition) is 7. The number of aromatic nitrogens is 2. The van der Waals surface area contributed by atoms with Crippen LogP contribution in [0.5, 0.6) is 5.88 Å². The number of halogens is 1. The Morgan fingerprint density at radius 1 is 1.42 bits per heavy atom. The molecule has 0 aliphatic carbocycles. The van der Waals surface area contributed by atoms with E-state index in [9.17, 15) is 8.42 Å². The Hall–Kier alpha value is -0.180. The molecule has 0 N–H and O–H groups in total. The molecule has 1 aromatic heterocycles. The molecule has 0 bridgehead atoms. The topological polar surface area (TPSA) is 79.7 Å². The van der Waals surface area contributed by atoms with Gasteiger partial charge in [0.2, 0.25) is 0 Å². The maximum atomic E-state index is 11.9. The van der Waals surface area contributed by atoms with Crippen LogP contribution in [0.15, 0.2) is 5.03 Å². The molecular weight excluding hydrogens is 335 g/mol. The highest BCUT2D eigenvalue weighted by atomic mass is 35.5. The smallest absolute Gasteiger partial charge is 0.381 e. The first-order valence-electron chi connectivity index (χ1n) is 5.07. The van der Waals surface area contributed by atoms with Gasteiger partial charge in [0.1, 0.15) is 5.02 Å². The molecule has 0 aliphatic rings. The zero-order valence-corrected chi connectivity index (χ0v) is 14.1. The van der Waals surface area contributed by atoms with Crippen LogP contribution in [0, 0.1) is 0 Å². The van der Waals surface area contributed by atoms with Gasteiger partial charge in [0.15, 0.2) is 14.9 Å². The highest BCUT2D eigenvalue weighted by Gasteiger charge is 2.29. The van der Waals surface area contributed by atoms with Gasteiger partial charge < -0.3 is 13.6 Å². The monoisotopic (exact) mass is 348 g/mol. The van der Waals surface area contributed by atoms with Crippen molar-refractivity contribution in [2.24, 2.45) is 7.05 Å². The summed E-state index contributed by atoms with van der Waals surface area (Å²) in [6.07, 6.45) is 0. The summed E-state index contributed by atoms with van der Waals surface area (Å²) in [5, 5.41) is 3.63. The Labute approximate surface area is 122 Å². The van der Waals surface area contributed by atoms with Gasteiger partial charge in [-0.1, -0.05) is 18.5 Å². The molecule has 19 heavy (non-hydrogen) atoms. The van der Waals surface area contributed by atoms with E-state index >= 15 is 0 Å². The molecule has 0 fully saturated rings. The van der Waals surface area contributed by atoms with E-state index in [4.69, 9.17) is 37.0 Å². The van der Waals surface area contributed by atoms with E-state index in [2.05, 4.69) is 5.10 Å². The molecule has 0 atom stereocenters. The van der Waals surface area contributed by atoms with Crippen molar-refractivity contribution in [3.05, 3.63) is 5.02 Å². The van der Waals surface area contributed by atoms with E-state index in [1.807, 2.05) is 0 Å². The lowest BCUT2D eigenvalue weighted by Crippen LogP contribution is -2.10. The van der Waals surface area contributed by atoms with E-state index in [1.54, 1.807) is 0 Å². The first-order chi connectivity index (χ1) is 8.70. The third-order valence-electron chi connectivity index (χ3n) is 2.23. The predicted molar refractivity (Wildman–Crippen MR) is 74.9 cm³/mol. The Morgan fingerprint density at radius 3 is 2.37 bits per heavy atom. The van der Waals surface area contributed by atoms with Gasteiger partial charge in [0, 0.05) is 33.1 Å². The second-order valence-electron chi connectivity index (χ2n) is 3.35. The van der Waals surface area contributed by atoms with Crippen molar-refractivity contribution in [2.75, 3.05) is 20.0 Å². The van der Waals surface area contributed by atoms with E-state index < -0.39 is 16.6 Å². The van der Waals surface area contributed by atoms with Crippen LogP contribution >= 0.6 is 18.3 Å². The van der Waals surface area contributed by atoms with E-state index in [1.165, 1.54) is 28.2 Å². The van der Waals surface area contributed by atoms with Crippen LogP contribution in [0.4, 0.5) is 0 Å². The van der Waals surface area contributed by atoms with E-state index in [-0.39, 0.29) is 21.7 Å². The van der Waals surface area contributed by atoms with Crippen molar-refractivity contribution in [3.8, 4) is 5.88 Å². The first-order valence-corrected chi connectivity index (χ1v) is 9.65. The quantitative estimate of drug-likeness (QED) is 0.725. The first kappa shape index (κ1) is 16.9. The summed E-state index contributed by atoms with van der Waals surface area (Å²) in [6.45, 7) is -1.51. The molecular formula is C8H14ClN2O5PS2. The van der Waals surface area contributed by atoms with Gasteiger partial charge in [-0.15, -0.1) is 5.10 Å².